The van der Waals surface area contributed by atoms with Gasteiger partial charge in [0.05, 0.1) is 0 Å². The predicted molar refractivity (Wildman–Crippen MR) is 82.7 cm³/mol. The van der Waals surface area contributed by atoms with Crippen LogP contribution >= 0.6 is 0 Å². The molecule has 1 heterocycles. The second-order valence-electron chi connectivity index (χ2n) is 6.36. The maximum Gasteiger partial charge on any atom is 0.194 e. The van der Waals surface area contributed by atoms with E-state index in [0.717, 1.165) is 24.1 Å². The van der Waals surface area contributed by atoms with Crippen LogP contribution in [0.2, 0.25) is 0 Å². The van der Waals surface area contributed by atoms with Crippen LogP contribution in [-0.4, -0.2) is 28.7 Å². The van der Waals surface area contributed by atoms with Gasteiger partial charge in [0.25, 0.3) is 0 Å². The molecule has 1 atom stereocenters. The number of nitrogens with zero attached hydrogens (tertiary/aromatic N) is 1. The minimum Gasteiger partial charge on any atom is -0.504 e. The summed E-state index contributed by atoms with van der Waals surface area (Å²) in [6, 6.07) is 5.59. The molecule has 114 valence electrons. The van der Waals surface area contributed by atoms with Crippen LogP contribution in [0.4, 0.5) is 4.39 Å². The summed E-state index contributed by atoms with van der Waals surface area (Å²) in [5.74, 6) is -1.76. The Bertz CT molecular complexity index is 800. The highest BCUT2D eigenvalue weighted by Crippen LogP contribution is 2.51. The Hall–Kier alpha value is -2.07. The third kappa shape index (κ3) is 1.64. The lowest BCUT2D eigenvalue weighted by Crippen LogP contribution is -2.36. The lowest BCUT2D eigenvalue weighted by Gasteiger charge is -2.40. The topological polar surface area (TPSA) is 43.7 Å². The van der Waals surface area contributed by atoms with Crippen molar-refractivity contribution in [2.45, 2.75) is 25.8 Å². The number of hydrogen-bond donors (Lipinski definition) is 2. The third-order valence-electron chi connectivity index (χ3n) is 5.16. The number of aryl methyl sites for hydroxylation is 1. The molecule has 2 N–H and O–H groups in total. The molecule has 4 heteroatoms. The summed E-state index contributed by atoms with van der Waals surface area (Å²) in [5, 5.41) is 20.0. The van der Waals surface area contributed by atoms with E-state index >= 15 is 0 Å². The van der Waals surface area contributed by atoms with Crippen LogP contribution in [0.25, 0.3) is 11.1 Å². The molecule has 2 aromatic rings. The zero-order chi connectivity index (χ0) is 15.6. The molecule has 0 fully saturated rings. The van der Waals surface area contributed by atoms with Crippen molar-refractivity contribution < 1.29 is 14.6 Å². The first kappa shape index (κ1) is 13.6. The van der Waals surface area contributed by atoms with E-state index in [-0.39, 0.29) is 11.8 Å². The Morgan fingerprint density at radius 1 is 1.23 bits per heavy atom. The molecule has 0 saturated carbocycles. The Morgan fingerprint density at radius 2 is 2.00 bits per heavy atom. The van der Waals surface area contributed by atoms with Crippen LogP contribution < -0.4 is 0 Å². The van der Waals surface area contributed by atoms with E-state index in [9.17, 15) is 14.6 Å². The van der Waals surface area contributed by atoms with Crippen LogP contribution in [0.5, 0.6) is 11.5 Å². The van der Waals surface area contributed by atoms with E-state index in [1.54, 1.807) is 0 Å². The molecule has 3 nitrogen and oxygen atoms in total. The summed E-state index contributed by atoms with van der Waals surface area (Å²) in [6.07, 6.45) is 1.63. The van der Waals surface area contributed by atoms with E-state index in [1.807, 2.05) is 12.1 Å². The highest BCUT2D eigenvalue weighted by Gasteiger charge is 2.35. The predicted octanol–water partition coefficient (Wildman–Crippen LogP) is 3.30. The summed E-state index contributed by atoms with van der Waals surface area (Å²) < 4.78 is 13.8. The minimum atomic E-state index is -0.759. The molecular formula is C18H18FNO2. The largest absolute Gasteiger partial charge is 0.504 e. The first-order valence-electron chi connectivity index (χ1n) is 7.55. The van der Waals surface area contributed by atoms with Gasteiger partial charge in [0, 0.05) is 18.2 Å². The number of hydrogen-bond acceptors (Lipinski definition) is 3. The molecule has 22 heavy (non-hydrogen) atoms. The lowest BCUT2D eigenvalue weighted by molar-refractivity contribution is 0.227. The number of aromatic hydroxyl groups is 2. The van der Waals surface area contributed by atoms with Crippen molar-refractivity contribution in [3.05, 3.63) is 46.3 Å². The average Bonchev–Trinajstić information content (AvgIpc) is 2.50. The Morgan fingerprint density at radius 3 is 2.77 bits per heavy atom. The van der Waals surface area contributed by atoms with Crippen molar-refractivity contribution in [1.82, 2.24) is 4.90 Å². The van der Waals surface area contributed by atoms with Crippen molar-refractivity contribution in [2.75, 3.05) is 13.6 Å². The maximum absolute atomic E-state index is 13.8. The first-order chi connectivity index (χ1) is 10.5. The average molecular weight is 299 g/mol. The SMILES string of the molecule is Cc1ccc2c3c1CCN(C)C3Cc1cc(F)c(O)c(O)c1-2. The molecule has 0 radical (unpaired) electrons. The number of phenolic OH excluding ortho intramolecular Hbond substituents is 2. The molecule has 2 aliphatic rings. The molecule has 4 rings (SSSR count). The molecule has 0 spiro atoms. The second kappa shape index (κ2) is 4.46. The molecule has 0 amide bonds. The van der Waals surface area contributed by atoms with Gasteiger partial charge in [0.15, 0.2) is 17.3 Å². The lowest BCUT2D eigenvalue weighted by atomic mass is 9.75. The fraction of sp³-hybridized carbons (Fsp3) is 0.333. The molecule has 2 aromatic carbocycles. The highest BCUT2D eigenvalue weighted by molar-refractivity contribution is 5.82. The number of benzene rings is 2. The van der Waals surface area contributed by atoms with E-state index in [0.29, 0.717) is 12.0 Å². The Kier molecular flexibility index (Phi) is 2.76. The summed E-state index contributed by atoms with van der Waals surface area (Å²) >= 11 is 0. The second-order valence-corrected chi connectivity index (χ2v) is 6.36. The highest BCUT2D eigenvalue weighted by atomic mass is 19.1. The van der Waals surface area contributed by atoms with Crippen LogP contribution in [-0.2, 0) is 12.8 Å². The Balaban J connectivity index is 2.08. The summed E-state index contributed by atoms with van der Waals surface area (Å²) in [6.45, 7) is 3.08. The number of rotatable bonds is 0. The van der Waals surface area contributed by atoms with Gasteiger partial charge in [-0.15, -0.1) is 0 Å². The van der Waals surface area contributed by atoms with Gasteiger partial charge in [-0.25, -0.2) is 4.39 Å². The van der Waals surface area contributed by atoms with Crippen LogP contribution in [0.1, 0.15) is 28.3 Å². The molecular weight excluding hydrogens is 281 g/mol. The van der Waals surface area contributed by atoms with E-state index in [4.69, 9.17) is 0 Å². The van der Waals surface area contributed by atoms with Crippen molar-refractivity contribution >= 4 is 0 Å². The normalized spacial score (nSPS) is 19.7. The Labute approximate surface area is 128 Å². The molecule has 0 saturated heterocycles. The van der Waals surface area contributed by atoms with E-state index < -0.39 is 11.6 Å². The van der Waals surface area contributed by atoms with Gasteiger partial charge in [-0.2, -0.15) is 0 Å². The van der Waals surface area contributed by atoms with Gasteiger partial charge in [-0.05, 0) is 60.7 Å². The van der Waals surface area contributed by atoms with Crippen molar-refractivity contribution in [2.24, 2.45) is 0 Å². The van der Waals surface area contributed by atoms with Gasteiger partial charge >= 0.3 is 0 Å². The minimum absolute atomic E-state index is 0.203. The van der Waals surface area contributed by atoms with Gasteiger partial charge in [-0.1, -0.05) is 12.1 Å². The smallest absolute Gasteiger partial charge is 0.194 e. The fourth-order valence-electron chi connectivity index (χ4n) is 3.97. The molecule has 1 unspecified atom stereocenters. The van der Waals surface area contributed by atoms with Crippen molar-refractivity contribution in [3.63, 3.8) is 0 Å². The number of likely N-dealkylation sites (N-methyl/N-ethyl adjacent to an activating group) is 1. The zero-order valence-electron chi connectivity index (χ0n) is 12.7. The number of fused-ring (bicyclic) bond motifs is 2. The zero-order valence-corrected chi connectivity index (χ0v) is 12.7. The van der Waals surface area contributed by atoms with Gasteiger partial charge in [0.1, 0.15) is 0 Å². The fourth-order valence-corrected chi connectivity index (χ4v) is 3.97. The first-order valence-corrected chi connectivity index (χ1v) is 7.55. The summed E-state index contributed by atoms with van der Waals surface area (Å²) in [7, 11) is 2.08. The van der Waals surface area contributed by atoms with Crippen LogP contribution in [0, 0.1) is 12.7 Å². The molecule has 0 aromatic heterocycles. The van der Waals surface area contributed by atoms with E-state index in [2.05, 4.69) is 18.9 Å². The van der Waals surface area contributed by atoms with Crippen molar-refractivity contribution in [3.8, 4) is 22.6 Å². The van der Waals surface area contributed by atoms with Gasteiger partial charge < -0.3 is 10.2 Å². The van der Waals surface area contributed by atoms with Crippen molar-refractivity contribution in [1.29, 1.82) is 0 Å². The van der Waals surface area contributed by atoms with E-state index in [1.165, 1.54) is 22.8 Å². The van der Waals surface area contributed by atoms with Crippen LogP contribution in [0.15, 0.2) is 18.2 Å². The molecule has 1 aliphatic carbocycles. The quantitative estimate of drug-likeness (QED) is 0.734. The van der Waals surface area contributed by atoms with Gasteiger partial charge in [0.2, 0.25) is 0 Å². The summed E-state index contributed by atoms with van der Waals surface area (Å²) in [5.41, 5.74) is 6.07. The molecule has 1 aliphatic heterocycles. The third-order valence-corrected chi connectivity index (χ3v) is 5.16. The molecule has 0 bridgehead atoms. The standard InChI is InChI=1S/C18H18FNO2/c1-9-3-4-12-15-10(7-13(19)17(21)18(15)22)8-14-16(12)11(9)5-6-20(14)2/h3-4,7,14,21-22H,5-6,8H2,1-2H3. The monoisotopic (exact) mass is 299 g/mol. The maximum atomic E-state index is 13.8. The summed E-state index contributed by atoms with van der Waals surface area (Å²) in [4.78, 5) is 2.29. The van der Waals surface area contributed by atoms with Gasteiger partial charge in [-0.3, -0.25) is 4.90 Å². The number of phenols is 2. The van der Waals surface area contributed by atoms with Crippen LogP contribution in [0.3, 0.4) is 0 Å². The number of halogens is 1.